The Balaban J connectivity index is 1.78. The number of benzene rings is 1. The first-order chi connectivity index (χ1) is 17.7. The van der Waals surface area contributed by atoms with E-state index in [4.69, 9.17) is 5.73 Å². The summed E-state index contributed by atoms with van der Waals surface area (Å²) in [5.41, 5.74) is 5.54. The summed E-state index contributed by atoms with van der Waals surface area (Å²) in [7, 11) is 0. The molecule has 2 amide bonds. The second-order valence-corrected chi connectivity index (χ2v) is 14.5. The van der Waals surface area contributed by atoms with Crippen LogP contribution >= 0.6 is 11.8 Å². The lowest BCUT2D eigenvalue weighted by atomic mass is 9.72. The smallest absolute Gasteiger partial charge is 0.237 e. The summed E-state index contributed by atoms with van der Waals surface area (Å²) in [5, 5.41) is 17.8. The molecule has 214 valence electrons. The molecule has 1 saturated heterocycles. The monoisotopic (exact) mass is 546 g/mol. The van der Waals surface area contributed by atoms with E-state index in [2.05, 4.69) is 15.5 Å². The Morgan fingerprint density at radius 1 is 1.08 bits per heavy atom. The van der Waals surface area contributed by atoms with Crippen LogP contribution in [0.25, 0.3) is 0 Å². The summed E-state index contributed by atoms with van der Waals surface area (Å²) >= 11 is 1.60. The lowest BCUT2D eigenvalue weighted by Crippen LogP contribution is -2.61. The molecule has 3 rings (SSSR count). The molecule has 6 unspecified atom stereocenters. The molecule has 1 heterocycles. The third-order valence-electron chi connectivity index (χ3n) is 7.91. The topological polar surface area (TPSA) is 108 Å². The van der Waals surface area contributed by atoms with Crippen molar-refractivity contribution in [2.24, 2.45) is 23.0 Å². The van der Waals surface area contributed by atoms with Crippen molar-refractivity contribution in [2.75, 3.05) is 18.8 Å². The fourth-order valence-corrected chi connectivity index (χ4v) is 6.64. The number of carbonyl (C=O) groups excluding carboxylic acids is 2. The van der Waals surface area contributed by atoms with Gasteiger partial charge in [0.25, 0.3) is 0 Å². The molecular formula is C30H50N4O3S. The second-order valence-electron chi connectivity index (χ2n) is 13.4. The number of rotatable bonds is 9. The Morgan fingerprint density at radius 2 is 1.71 bits per heavy atom. The van der Waals surface area contributed by atoms with Crippen molar-refractivity contribution in [3.63, 3.8) is 0 Å². The molecule has 5 N–H and O–H groups in total. The number of β-amino-alcohol motifs (C(OH)–C–C–N with tert-alkyl or cyclic N) is 1. The molecule has 7 nitrogen and oxygen atoms in total. The Morgan fingerprint density at radius 3 is 2.32 bits per heavy atom. The van der Waals surface area contributed by atoms with Crippen molar-refractivity contribution in [2.45, 2.75) is 108 Å². The van der Waals surface area contributed by atoms with Crippen LogP contribution in [-0.2, 0) is 9.59 Å². The summed E-state index contributed by atoms with van der Waals surface area (Å²) in [6.45, 7) is 13.0. The van der Waals surface area contributed by atoms with Crippen molar-refractivity contribution in [1.82, 2.24) is 15.5 Å². The first-order valence-corrected chi connectivity index (χ1v) is 15.2. The average molecular weight is 547 g/mol. The number of amides is 2. The fraction of sp³-hybridized carbons (Fsp3) is 0.733. The van der Waals surface area contributed by atoms with Gasteiger partial charge in [-0.25, -0.2) is 0 Å². The Kier molecular flexibility index (Phi) is 10.7. The number of likely N-dealkylation sites (tertiary alicyclic amines) is 1. The SMILES string of the molecule is CC(C)(C)NC(=O)C1CC2CCCCC2CN1CC(O)C(CSc1ccccc1)NC(=O)C(N)C(C)(C)C. The maximum absolute atomic E-state index is 13.4. The third-order valence-corrected chi connectivity index (χ3v) is 9.04. The van der Waals surface area contributed by atoms with Crippen LogP contribution in [0, 0.1) is 17.3 Å². The maximum atomic E-state index is 13.4. The van der Waals surface area contributed by atoms with Crippen LogP contribution in [0.15, 0.2) is 35.2 Å². The van der Waals surface area contributed by atoms with Gasteiger partial charge < -0.3 is 21.5 Å². The molecule has 6 atom stereocenters. The van der Waals surface area contributed by atoms with E-state index in [0.29, 0.717) is 24.1 Å². The second kappa shape index (κ2) is 13.2. The molecule has 0 bridgehead atoms. The lowest BCUT2D eigenvalue weighted by molar-refractivity contribution is -0.133. The normalized spacial score (nSPS) is 25.1. The van der Waals surface area contributed by atoms with Gasteiger partial charge in [0.15, 0.2) is 0 Å². The van der Waals surface area contributed by atoms with E-state index in [1.165, 1.54) is 25.7 Å². The van der Waals surface area contributed by atoms with Gasteiger partial charge in [0.05, 0.1) is 24.2 Å². The van der Waals surface area contributed by atoms with Crippen LogP contribution in [0.3, 0.4) is 0 Å². The summed E-state index contributed by atoms with van der Waals surface area (Å²) in [4.78, 5) is 29.8. The fourth-order valence-electron chi connectivity index (χ4n) is 5.61. The van der Waals surface area contributed by atoms with Crippen LogP contribution in [0.5, 0.6) is 0 Å². The number of hydrogen-bond donors (Lipinski definition) is 4. The highest BCUT2D eigenvalue weighted by molar-refractivity contribution is 7.99. The number of carbonyl (C=O) groups is 2. The summed E-state index contributed by atoms with van der Waals surface area (Å²) in [6, 6.07) is 8.51. The molecule has 1 aromatic carbocycles. The predicted octanol–water partition coefficient (Wildman–Crippen LogP) is 3.79. The van der Waals surface area contributed by atoms with Crippen LogP contribution in [0.2, 0.25) is 0 Å². The summed E-state index contributed by atoms with van der Waals surface area (Å²) in [5.74, 6) is 1.38. The number of aliphatic hydroxyl groups excluding tert-OH is 1. The molecule has 1 aromatic rings. The Bertz CT molecular complexity index is 914. The van der Waals surface area contributed by atoms with Crippen LogP contribution in [-0.4, -0.2) is 70.4 Å². The van der Waals surface area contributed by atoms with Crippen LogP contribution in [0.1, 0.15) is 73.6 Å². The van der Waals surface area contributed by atoms with Crippen molar-refractivity contribution < 1.29 is 14.7 Å². The molecule has 2 aliphatic rings. The maximum Gasteiger partial charge on any atom is 0.237 e. The van der Waals surface area contributed by atoms with E-state index in [1.54, 1.807) is 11.8 Å². The largest absolute Gasteiger partial charge is 0.390 e. The highest BCUT2D eigenvalue weighted by Crippen LogP contribution is 2.39. The molecule has 2 fully saturated rings. The molecule has 8 heteroatoms. The van der Waals surface area contributed by atoms with Gasteiger partial charge in [-0.2, -0.15) is 0 Å². The van der Waals surface area contributed by atoms with E-state index in [0.717, 1.165) is 17.9 Å². The Labute approximate surface area is 234 Å². The minimum atomic E-state index is -0.840. The van der Waals surface area contributed by atoms with Gasteiger partial charge in [-0.05, 0) is 63.0 Å². The van der Waals surface area contributed by atoms with Gasteiger partial charge in [-0.15, -0.1) is 11.8 Å². The zero-order valence-corrected chi connectivity index (χ0v) is 25.0. The Hall–Kier alpha value is -1.61. The zero-order chi connectivity index (χ0) is 28.1. The van der Waals surface area contributed by atoms with Crippen LogP contribution in [0.4, 0.5) is 0 Å². The van der Waals surface area contributed by atoms with Crippen molar-refractivity contribution in [3.05, 3.63) is 30.3 Å². The minimum absolute atomic E-state index is 0.0303. The number of nitrogens with one attached hydrogen (secondary N) is 2. The number of nitrogens with zero attached hydrogens (tertiary/aromatic N) is 1. The highest BCUT2D eigenvalue weighted by Gasteiger charge is 2.42. The van der Waals surface area contributed by atoms with Crippen molar-refractivity contribution >= 4 is 23.6 Å². The van der Waals surface area contributed by atoms with Crippen LogP contribution < -0.4 is 16.4 Å². The van der Waals surface area contributed by atoms with Gasteiger partial charge >= 0.3 is 0 Å². The standard InChI is InChI=1S/C30H50N4O3S/c1-29(2,3)26(31)28(37)32-23(19-38-22-14-8-7-9-15-22)25(35)18-34-17-21-13-11-10-12-20(21)16-24(34)27(36)33-30(4,5)6/h7-9,14-15,20-21,23-26,35H,10-13,16-19,31H2,1-6H3,(H,32,37)(H,33,36). The number of hydrogen-bond acceptors (Lipinski definition) is 6. The van der Waals surface area contributed by atoms with Gasteiger partial charge in [-0.3, -0.25) is 14.5 Å². The van der Waals surface area contributed by atoms with E-state index in [9.17, 15) is 14.7 Å². The van der Waals surface area contributed by atoms with E-state index < -0.39 is 23.6 Å². The van der Waals surface area contributed by atoms with Gasteiger partial charge in [0.1, 0.15) is 0 Å². The molecule has 0 radical (unpaired) electrons. The molecule has 38 heavy (non-hydrogen) atoms. The quantitative estimate of drug-likeness (QED) is 0.351. The van der Waals surface area contributed by atoms with Gasteiger partial charge in [-0.1, -0.05) is 58.2 Å². The molecular weight excluding hydrogens is 496 g/mol. The number of thioether (sulfide) groups is 1. The molecule has 0 aromatic heterocycles. The van der Waals surface area contributed by atoms with Gasteiger partial charge in [0, 0.05) is 29.3 Å². The lowest BCUT2D eigenvalue weighted by Gasteiger charge is -2.47. The number of fused-ring (bicyclic) bond motifs is 1. The molecule has 0 spiro atoms. The third kappa shape index (κ3) is 8.97. The minimum Gasteiger partial charge on any atom is -0.390 e. The summed E-state index contributed by atoms with van der Waals surface area (Å²) < 4.78 is 0. The van der Waals surface area contributed by atoms with Crippen molar-refractivity contribution in [1.29, 1.82) is 0 Å². The van der Waals surface area contributed by atoms with E-state index >= 15 is 0 Å². The number of nitrogens with two attached hydrogens (primary N) is 1. The average Bonchev–Trinajstić information content (AvgIpc) is 2.84. The zero-order valence-electron chi connectivity index (χ0n) is 24.2. The summed E-state index contributed by atoms with van der Waals surface area (Å²) in [6.07, 6.45) is 4.80. The van der Waals surface area contributed by atoms with Gasteiger partial charge in [0.2, 0.25) is 11.8 Å². The first kappa shape index (κ1) is 30.9. The van der Waals surface area contributed by atoms with Crippen molar-refractivity contribution in [3.8, 4) is 0 Å². The number of piperidine rings is 1. The first-order valence-electron chi connectivity index (χ1n) is 14.2. The predicted molar refractivity (Wildman–Crippen MR) is 156 cm³/mol. The highest BCUT2D eigenvalue weighted by atomic mass is 32.2. The number of aliphatic hydroxyl groups is 1. The molecule has 1 saturated carbocycles. The molecule has 1 aliphatic carbocycles. The molecule has 1 aliphatic heterocycles. The van der Waals surface area contributed by atoms with E-state index in [1.807, 2.05) is 71.9 Å². The van der Waals surface area contributed by atoms with E-state index in [-0.39, 0.29) is 23.4 Å².